The number of methoxy groups -OCH3 is 1. The summed E-state index contributed by atoms with van der Waals surface area (Å²) in [6.07, 6.45) is 0. The number of nitrogens with zero attached hydrogens (tertiary/aromatic N) is 1. The zero-order valence-electron chi connectivity index (χ0n) is 14.3. The van der Waals surface area contributed by atoms with Crippen LogP contribution in [-0.4, -0.2) is 26.5 Å². The first-order valence-electron chi connectivity index (χ1n) is 7.79. The van der Waals surface area contributed by atoms with Crippen LogP contribution in [0.4, 0.5) is 5.69 Å². The van der Waals surface area contributed by atoms with Gasteiger partial charge in [0.2, 0.25) is 0 Å². The highest BCUT2D eigenvalue weighted by Crippen LogP contribution is 2.22. The Balaban J connectivity index is 1.71. The minimum Gasteiger partial charge on any atom is -0.487 e. The Bertz CT molecular complexity index is 1020. The van der Waals surface area contributed by atoms with Crippen molar-refractivity contribution in [2.24, 2.45) is 0 Å². The molecule has 0 atom stereocenters. The largest absolute Gasteiger partial charge is 0.487 e. The van der Waals surface area contributed by atoms with E-state index < -0.39 is 16.0 Å². The Hall–Kier alpha value is -2.91. The van der Waals surface area contributed by atoms with Gasteiger partial charge in [0.25, 0.3) is 10.0 Å². The molecular weight excluding hydrogens is 388 g/mol. The summed E-state index contributed by atoms with van der Waals surface area (Å²) in [6, 6.07) is 12.1. The maximum atomic E-state index is 12.5. The molecule has 0 amide bonds. The quantitative estimate of drug-likeness (QED) is 0.607. The SMILES string of the molecule is COC(=O)c1ccc(S(=O)(=O)Nc2cccc(OCc3cscn3)c2)cc1. The highest BCUT2D eigenvalue weighted by molar-refractivity contribution is 7.92. The van der Waals surface area contributed by atoms with Crippen LogP contribution in [0.15, 0.2) is 64.3 Å². The van der Waals surface area contributed by atoms with Crippen LogP contribution in [0.5, 0.6) is 5.75 Å². The fourth-order valence-corrected chi connectivity index (χ4v) is 3.81. The molecule has 0 aliphatic carbocycles. The summed E-state index contributed by atoms with van der Waals surface area (Å²) in [5.41, 5.74) is 3.16. The van der Waals surface area contributed by atoms with Crippen LogP contribution in [0.1, 0.15) is 16.1 Å². The van der Waals surface area contributed by atoms with Gasteiger partial charge in [-0.3, -0.25) is 4.72 Å². The van der Waals surface area contributed by atoms with Crippen LogP contribution in [0.25, 0.3) is 0 Å². The van der Waals surface area contributed by atoms with E-state index in [1.165, 1.54) is 42.7 Å². The lowest BCUT2D eigenvalue weighted by molar-refractivity contribution is 0.0600. The van der Waals surface area contributed by atoms with Gasteiger partial charge in [0.15, 0.2) is 0 Å². The number of rotatable bonds is 7. The number of anilines is 1. The normalized spacial score (nSPS) is 11.0. The number of aromatic nitrogens is 1. The van der Waals surface area contributed by atoms with Gasteiger partial charge in [-0.2, -0.15) is 0 Å². The number of sulfonamides is 1. The summed E-state index contributed by atoms with van der Waals surface area (Å²) in [6.45, 7) is 0.300. The lowest BCUT2D eigenvalue weighted by Crippen LogP contribution is -2.13. The molecule has 1 N–H and O–H groups in total. The second-order valence-electron chi connectivity index (χ2n) is 5.42. The molecule has 1 heterocycles. The van der Waals surface area contributed by atoms with Gasteiger partial charge in [-0.1, -0.05) is 6.07 Å². The Labute approximate surface area is 160 Å². The van der Waals surface area contributed by atoms with Crippen molar-refractivity contribution in [1.29, 1.82) is 0 Å². The van der Waals surface area contributed by atoms with Gasteiger partial charge < -0.3 is 9.47 Å². The maximum absolute atomic E-state index is 12.5. The van der Waals surface area contributed by atoms with E-state index in [1.807, 2.05) is 5.38 Å². The van der Waals surface area contributed by atoms with E-state index in [4.69, 9.17) is 4.74 Å². The van der Waals surface area contributed by atoms with Gasteiger partial charge in [-0.15, -0.1) is 11.3 Å². The van der Waals surface area contributed by atoms with Crippen LogP contribution in [-0.2, 0) is 21.4 Å². The summed E-state index contributed by atoms with van der Waals surface area (Å²) in [5.74, 6) is -0.0129. The molecule has 27 heavy (non-hydrogen) atoms. The lowest BCUT2D eigenvalue weighted by Gasteiger charge is -2.10. The molecule has 3 rings (SSSR count). The molecule has 0 radical (unpaired) electrons. The van der Waals surface area contributed by atoms with Crippen molar-refractivity contribution in [3.05, 3.63) is 70.7 Å². The third kappa shape index (κ3) is 4.83. The second-order valence-corrected chi connectivity index (χ2v) is 7.82. The van der Waals surface area contributed by atoms with Gasteiger partial charge in [-0.05, 0) is 36.4 Å². The van der Waals surface area contributed by atoms with Crippen molar-refractivity contribution in [3.8, 4) is 5.75 Å². The second kappa shape index (κ2) is 8.19. The summed E-state index contributed by atoms with van der Waals surface area (Å²) >= 11 is 1.48. The minimum atomic E-state index is -3.81. The number of ether oxygens (including phenoxy) is 2. The average molecular weight is 404 g/mol. The van der Waals surface area contributed by atoms with Gasteiger partial charge in [0.1, 0.15) is 12.4 Å². The highest BCUT2D eigenvalue weighted by atomic mass is 32.2. The smallest absolute Gasteiger partial charge is 0.337 e. The molecule has 1 aromatic heterocycles. The summed E-state index contributed by atoms with van der Waals surface area (Å²) in [5, 5.41) is 1.88. The molecule has 0 spiro atoms. The van der Waals surface area contributed by atoms with Crippen LogP contribution < -0.4 is 9.46 Å². The molecule has 0 bridgehead atoms. The molecule has 3 aromatic rings. The first-order valence-corrected chi connectivity index (χ1v) is 10.2. The number of benzene rings is 2. The minimum absolute atomic E-state index is 0.0314. The molecule has 0 fully saturated rings. The number of hydrogen-bond donors (Lipinski definition) is 1. The maximum Gasteiger partial charge on any atom is 0.337 e. The Morgan fingerprint density at radius 1 is 1.19 bits per heavy atom. The third-order valence-electron chi connectivity index (χ3n) is 3.54. The number of hydrogen-bond acceptors (Lipinski definition) is 7. The monoisotopic (exact) mass is 404 g/mol. The van der Waals surface area contributed by atoms with Crippen LogP contribution in [0.2, 0.25) is 0 Å². The average Bonchev–Trinajstić information content (AvgIpc) is 3.19. The van der Waals surface area contributed by atoms with Gasteiger partial charge in [0.05, 0.1) is 34.5 Å². The van der Waals surface area contributed by atoms with Crippen molar-refractivity contribution >= 4 is 33.0 Å². The van der Waals surface area contributed by atoms with Crippen molar-refractivity contribution in [2.75, 3.05) is 11.8 Å². The van der Waals surface area contributed by atoms with Crippen molar-refractivity contribution in [2.45, 2.75) is 11.5 Å². The Morgan fingerprint density at radius 3 is 2.63 bits per heavy atom. The molecular formula is C18H16N2O5S2. The fourth-order valence-electron chi connectivity index (χ4n) is 2.22. The number of nitrogens with one attached hydrogen (secondary N) is 1. The number of esters is 1. The van der Waals surface area contributed by atoms with Crippen LogP contribution in [0, 0.1) is 0 Å². The van der Waals surface area contributed by atoms with Crippen molar-refractivity contribution in [3.63, 3.8) is 0 Å². The van der Waals surface area contributed by atoms with E-state index in [0.717, 1.165) is 5.69 Å². The summed E-state index contributed by atoms with van der Waals surface area (Å²) in [4.78, 5) is 15.6. The van der Waals surface area contributed by atoms with Gasteiger partial charge in [0, 0.05) is 11.4 Å². The molecule has 9 heteroatoms. The lowest BCUT2D eigenvalue weighted by atomic mass is 10.2. The van der Waals surface area contributed by atoms with E-state index in [0.29, 0.717) is 18.0 Å². The predicted octanol–water partition coefficient (Wildman–Crippen LogP) is 3.31. The van der Waals surface area contributed by atoms with E-state index in [9.17, 15) is 13.2 Å². The van der Waals surface area contributed by atoms with Gasteiger partial charge in [-0.25, -0.2) is 18.2 Å². The van der Waals surface area contributed by atoms with Crippen LogP contribution in [0.3, 0.4) is 0 Å². The van der Waals surface area contributed by atoms with E-state index in [1.54, 1.807) is 29.8 Å². The molecule has 0 aliphatic heterocycles. The molecule has 0 saturated carbocycles. The molecule has 0 saturated heterocycles. The van der Waals surface area contributed by atoms with Crippen molar-refractivity contribution < 1.29 is 22.7 Å². The van der Waals surface area contributed by atoms with Crippen LogP contribution >= 0.6 is 11.3 Å². The zero-order chi connectivity index (χ0) is 19.3. The number of thiazole rings is 1. The fraction of sp³-hybridized carbons (Fsp3) is 0.111. The number of carbonyl (C=O) groups excluding carboxylic acids is 1. The molecule has 0 unspecified atom stereocenters. The van der Waals surface area contributed by atoms with E-state index in [2.05, 4.69) is 14.4 Å². The topological polar surface area (TPSA) is 94.6 Å². The highest BCUT2D eigenvalue weighted by Gasteiger charge is 2.16. The zero-order valence-corrected chi connectivity index (χ0v) is 15.9. The van der Waals surface area contributed by atoms with E-state index in [-0.39, 0.29) is 10.5 Å². The molecule has 7 nitrogen and oxygen atoms in total. The Kier molecular flexibility index (Phi) is 5.72. The first kappa shape index (κ1) is 18.9. The third-order valence-corrected chi connectivity index (χ3v) is 5.57. The first-order chi connectivity index (χ1) is 13.0. The van der Waals surface area contributed by atoms with E-state index >= 15 is 0 Å². The molecule has 140 valence electrons. The predicted molar refractivity (Wildman–Crippen MR) is 101 cm³/mol. The van der Waals surface area contributed by atoms with Gasteiger partial charge >= 0.3 is 5.97 Å². The summed E-state index contributed by atoms with van der Waals surface area (Å²) < 4.78 is 37.8. The standard InChI is InChI=1S/C18H16N2O5S2/c1-24-18(21)13-5-7-17(8-6-13)27(22,23)20-14-3-2-4-16(9-14)25-10-15-11-26-12-19-15/h2-9,11-12,20H,10H2,1H3. The molecule has 0 aliphatic rings. The Morgan fingerprint density at radius 2 is 1.96 bits per heavy atom. The number of carbonyl (C=O) groups is 1. The molecule has 2 aromatic carbocycles. The summed E-state index contributed by atoms with van der Waals surface area (Å²) in [7, 11) is -2.54. The van der Waals surface area contributed by atoms with Crippen molar-refractivity contribution in [1.82, 2.24) is 4.98 Å².